The Morgan fingerprint density at radius 1 is 1.10 bits per heavy atom. The number of carbonyl (C=O) groups excluding carboxylic acids is 1. The van der Waals surface area contributed by atoms with E-state index in [1.54, 1.807) is 0 Å². The molecular weight excluding hydrogens is 256 g/mol. The van der Waals surface area contributed by atoms with Crippen LogP contribution in [0.2, 0.25) is 0 Å². The van der Waals surface area contributed by atoms with Gasteiger partial charge in [0.15, 0.2) is 0 Å². The number of morpholine rings is 1. The monoisotopic (exact) mass is 284 g/mol. The minimum atomic E-state index is 0.0849. The molecule has 2 saturated heterocycles. The first kappa shape index (κ1) is 15.5. The highest BCUT2D eigenvalue weighted by Gasteiger charge is 2.22. The zero-order valence-corrected chi connectivity index (χ0v) is 12.8. The van der Waals surface area contributed by atoms with Crippen molar-refractivity contribution in [3.05, 3.63) is 0 Å². The Hall–Kier alpha value is -0.850. The van der Waals surface area contributed by atoms with E-state index in [9.17, 15) is 4.79 Å². The van der Waals surface area contributed by atoms with E-state index >= 15 is 0 Å². The lowest BCUT2D eigenvalue weighted by Crippen LogP contribution is -2.54. The van der Waals surface area contributed by atoms with Gasteiger partial charge in [-0.05, 0) is 13.8 Å². The van der Waals surface area contributed by atoms with Crippen LogP contribution in [-0.4, -0.2) is 92.3 Å². The van der Waals surface area contributed by atoms with Crippen LogP contribution in [0.25, 0.3) is 0 Å². The second-order valence-corrected chi connectivity index (χ2v) is 5.80. The molecule has 0 aromatic carbocycles. The summed E-state index contributed by atoms with van der Waals surface area (Å²) in [5, 5.41) is 3.03. The topological polar surface area (TPSA) is 48.0 Å². The number of amides is 2. The van der Waals surface area contributed by atoms with Crippen molar-refractivity contribution in [3.8, 4) is 0 Å². The van der Waals surface area contributed by atoms with Gasteiger partial charge in [0.05, 0.1) is 13.2 Å². The third-order valence-electron chi connectivity index (χ3n) is 4.14. The van der Waals surface area contributed by atoms with Gasteiger partial charge in [-0.1, -0.05) is 0 Å². The van der Waals surface area contributed by atoms with E-state index < -0.39 is 0 Å². The zero-order valence-electron chi connectivity index (χ0n) is 12.8. The lowest BCUT2D eigenvalue weighted by Gasteiger charge is -2.37. The lowest BCUT2D eigenvalue weighted by atomic mass is 10.2. The summed E-state index contributed by atoms with van der Waals surface area (Å²) >= 11 is 0. The molecule has 0 aromatic heterocycles. The van der Waals surface area contributed by atoms with Crippen LogP contribution < -0.4 is 5.32 Å². The van der Waals surface area contributed by atoms with Crippen molar-refractivity contribution < 1.29 is 9.53 Å². The van der Waals surface area contributed by atoms with Crippen LogP contribution in [0.15, 0.2) is 0 Å². The highest BCUT2D eigenvalue weighted by Crippen LogP contribution is 2.05. The summed E-state index contributed by atoms with van der Waals surface area (Å²) in [4.78, 5) is 18.7. The summed E-state index contributed by atoms with van der Waals surface area (Å²) in [6, 6.07) is 0.656. The van der Waals surface area contributed by atoms with Crippen molar-refractivity contribution in [2.45, 2.75) is 19.9 Å². The van der Waals surface area contributed by atoms with E-state index in [-0.39, 0.29) is 6.03 Å². The number of nitrogens with zero attached hydrogens (tertiary/aromatic N) is 3. The number of piperazine rings is 1. The average molecular weight is 284 g/mol. The van der Waals surface area contributed by atoms with Crippen LogP contribution >= 0.6 is 0 Å². The predicted molar refractivity (Wildman–Crippen MR) is 78.9 cm³/mol. The van der Waals surface area contributed by atoms with Crippen molar-refractivity contribution in [2.75, 3.05) is 65.6 Å². The maximum atomic E-state index is 12.1. The van der Waals surface area contributed by atoms with Crippen LogP contribution in [0.1, 0.15) is 13.8 Å². The van der Waals surface area contributed by atoms with E-state index in [2.05, 4.69) is 29.0 Å². The Balaban J connectivity index is 1.60. The Kier molecular flexibility index (Phi) is 6.06. The molecule has 2 heterocycles. The molecule has 116 valence electrons. The SMILES string of the molecule is CC(C)N1CCN(C(=O)NCCN2CCOCC2)CC1. The summed E-state index contributed by atoms with van der Waals surface area (Å²) in [5.74, 6) is 0. The number of carbonyl (C=O) groups is 1. The van der Waals surface area contributed by atoms with Gasteiger partial charge in [-0.2, -0.15) is 0 Å². The van der Waals surface area contributed by atoms with Gasteiger partial charge in [-0.3, -0.25) is 9.80 Å². The first-order valence-electron chi connectivity index (χ1n) is 7.74. The summed E-state index contributed by atoms with van der Waals surface area (Å²) in [7, 11) is 0. The van der Waals surface area contributed by atoms with E-state index in [4.69, 9.17) is 4.74 Å². The maximum Gasteiger partial charge on any atom is 0.317 e. The van der Waals surface area contributed by atoms with Gasteiger partial charge >= 0.3 is 6.03 Å². The molecule has 0 radical (unpaired) electrons. The van der Waals surface area contributed by atoms with E-state index in [0.29, 0.717) is 6.04 Å². The molecule has 2 rings (SSSR count). The number of ether oxygens (including phenoxy) is 1. The first-order valence-corrected chi connectivity index (χ1v) is 7.74. The molecule has 0 aromatic rings. The molecule has 0 unspecified atom stereocenters. The van der Waals surface area contributed by atoms with Crippen LogP contribution in [-0.2, 0) is 4.74 Å². The molecule has 0 bridgehead atoms. The van der Waals surface area contributed by atoms with E-state index in [0.717, 1.165) is 65.6 Å². The molecule has 2 fully saturated rings. The van der Waals surface area contributed by atoms with Gasteiger partial charge in [-0.25, -0.2) is 4.79 Å². The molecule has 6 nitrogen and oxygen atoms in total. The van der Waals surface area contributed by atoms with Crippen LogP contribution in [0.4, 0.5) is 4.79 Å². The summed E-state index contributed by atoms with van der Waals surface area (Å²) in [5.41, 5.74) is 0. The molecule has 0 aliphatic carbocycles. The largest absolute Gasteiger partial charge is 0.379 e. The second kappa shape index (κ2) is 7.81. The molecule has 2 amide bonds. The third-order valence-corrected chi connectivity index (χ3v) is 4.14. The Morgan fingerprint density at radius 3 is 2.35 bits per heavy atom. The normalized spacial score (nSPS) is 22.2. The third kappa shape index (κ3) is 4.61. The number of nitrogens with one attached hydrogen (secondary N) is 1. The van der Waals surface area contributed by atoms with Crippen molar-refractivity contribution >= 4 is 6.03 Å². The van der Waals surface area contributed by atoms with E-state index in [1.807, 2.05) is 4.90 Å². The van der Waals surface area contributed by atoms with Gasteiger partial charge in [-0.15, -0.1) is 0 Å². The molecule has 0 saturated carbocycles. The number of hydrogen-bond donors (Lipinski definition) is 1. The molecular formula is C14H28N4O2. The van der Waals surface area contributed by atoms with Crippen molar-refractivity contribution in [1.82, 2.24) is 20.0 Å². The predicted octanol–water partition coefficient (Wildman–Crippen LogP) is 0.0542. The molecule has 20 heavy (non-hydrogen) atoms. The molecule has 0 atom stereocenters. The minimum absolute atomic E-state index is 0.0849. The van der Waals surface area contributed by atoms with Gasteiger partial charge in [0.2, 0.25) is 0 Å². The highest BCUT2D eigenvalue weighted by atomic mass is 16.5. The average Bonchev–Trinajstić information content (AvgIpc) is 2.48. The van der Waals surface area contributed by atoms with Crippen molar-refractivity contribution in [2.24, 2.45) is 0 Å². The maximum absolute atomic E-state index is 12.1. The van der Waals surface area contributed by atoms with Crippen LogP contribution in [0, 0.1) is 0 Å². The smallest absolute Gasteiger partial charge is 0.317 e. The number of urea groups is 1. The fraction of sp³-hybridized carbons (Fsp3) is 0.929. The van der Waals surface area contributed by atoms with Crippen LogP contribution in [0.5, 0.6) is 0 Å². The highest BCUT2D eigenvalue weighted by molar-refractivity contribution is 5.74. The molecule has 6 heteroatoms. The van der Waals surface area contributed by atoms with Gasteiger partial charge in [0, 0.05) is 58.4 Å². The first-order chi connectivity index (χ1) is 9.66. The summed E-state index contributed by atoms with van der Waals surface area (Å²) < 4.78 is 5.31. The Morgan fingerprint density at radius 2 is 1.75 bits per heavy atom. The fourth-order valence-electron chi connectivity index (χ4n) is 2.70. The zero-order chi connectivity index (χ0) is 14.4. The van der Waals surface area contributed by atoms with Gasteiger partial charge in [0.25, 0.3) is 0 Å². The fourth-order valence-corrected chi connectivity index (χ4v) is 2.70. The standard InChI is InChI=1S/C14H28N4O2/c1-13(2)17-5-7-18(8-6-17)14(19)15-3-4-16-9-11-20-12-10-16/h13H,3-12H2,1-2H3,(H,15,19). The number of hydrogen-bond acceptors (Lipinski definition) is 4. The quantitative estimate of drug-likeness (QED) is 0.793. The van der Waals surface area contributed by atoms with Gasteiger partial charge in [0.1, 0.15) is 0 Å². The summed E-state index contributed by atoms with van der Waals surface area (Å²) in [6.45, 7) is 13.3. The van der Waals surface area contributed by atoms with Crippen molar-refractivity contribution in [3.63, 3.8) is 0 Å². The second-order valence-electron chi connectivity index (χ2n) is 5.80. The molecule has 1 N–H and O–H groups in total. The van der Waals surface area contributed by atoms with Crippen LogP contribution in [0.3, 0.4) is 0 Å². The Bertz CT molecular complexity index is 298. The number of rotatable bonds is 4. The summed E-state index contributed by atoms with van der Waals surface area (Å²) in [6.07, 6.45) is 0. The lowest BCUT2D eigenvalue weighted by molar-refractivity contribution is 0.0384. The van der Waals surface area contributed by atoms with Gasteiger partial charge < -0.3 is 15.0 Å². The molecule has 0 spiro atoms. The van der Waals surface area contributed by atoms with E-state index in [1.165, 1.54) is 0 Å². The molecule has 2 aliphatic heterocycles. The van der Waals surface area contributed by atoms with Crippen molar-refractivity contribution in [1.29, 1.82) is 0 Å². The Labute approximate surface area is 122 Å². The minimum Gasteiger partial charge on any atom is -0.379 e. The molecule has 2 aliphatic rings.